The van der Waals surface area contributed by atoms with Crippen LogP contribution in [-0.4, -0.2) is 57.0 Å². The van der Waals surface area contributed by atoms with Crippen LogP contribution in [0, 0.1) is 0 Å². The lowest BCUT2D eigenvalue weighted by Gasteiger charge is -2.29. The Balaban J connectivity index is 1.27. The van der Waals surface area contributed by atoms with Crippen molar-refractivity contribution in [2.24, 2.45) is 0 Å². The van der Waals surface area contributed by atoms with Crippen LogP contribution in [0.25, 0.3) is 27.7 Å². The SMILES string of the molecule is COCCO[C@H]1CC[C@@H](Nc2ncc3c(-c4cnc5ncccc5c4)ccn3n2)CC1. The molecule has 0 spiro atoms. The van der Waals surface area contributed by atoms with E-state index in [0.717, 1.165) is 53.4 Å². The number of aromatic nitrogens is 5. The molecular formula is C23H26N6O2. The summed E-state index contributed by atoms with van der Waals surface area (Å²) in [5.74, 6) is 0.652. The van der Waals surface area contributed by atoms with Crippen LogP contribution < -0.4 is 5.32 Å². The van der Waals surface area contributed by atoms with Crippen LogP contribution in [0.5, 0.6) is 0 Å². The van der Waals surface area contributed by atoms with Crippen molar-refractivity contribution in [1.29, 1.82) is 0 Å². The Morgan fingerprint density at radius 1 is 1.06 bits per heavy atom. The number of anilines is 1. The van der Waals surface area contributed by atoms with Gasteiger partial charge >= 0.3 is 0 Å². The molecule has 5 rings (SSSR count). The first kappa shape index (κ1) is 19.8. The summed E-state index contributed by atoms with van der Waals surface area (Å²) in [4.78, 5) is 13.3. The molecule has 4 aromatic rings. The van der Waals surface area contributed by atoms with E-state index in [0.29, 0.717) is 31.3 Å². The van der Waals surface area contributed by atoms with E-state index in [-0.39, 0.29) is 0 Å². The van der Waals surface area contributed by atoms with Gasteiger partial charge in [-0.25, -0.2) is 19.5 Å². The van der Waals surface area contributed by atoms with Gasteiger partial charge in [0.25, 0.3) is 0 Å². The molecule has 0 aliphatic heterocycles. The maximum atomic E-state index is 5.85. The highest BCUT2D eigenvalue weighted by molar-refractivity contribution is 5.86. The second-order valence-electron chi connectivity index (χ2n) is 7.90. The lowest BCUT2D eigenvalue weighted by Crippen LogP contribution is -2.31. The van der Waals surface area contributed by atoms with E-state index in [2.05, 4.69) is 37.5 Å². The van der Waals surface area contributed by atoms with E-state index in [1.165, 1.54) is 0 Å². The topological polar surface area (TPSA) is 86.5 Å². The minimum atomic E-state index is 0.328. The number of hydrogen-bond acceptors (Lipinski definition) is 7. The van der Waals surface area contributed by atoms with Crippen LogP contribution in [0.2, 0.25) is 0 Å². The van der Waals surface area contributed by atoms with Gasteiger partial charge in [-0.1, -0.05) is 0 Å². The molecule has 4 heterocycles. The van der Waals surface area contributed by atoms with Crippen molar-refractivity contribution in [3.05, 3.63) is 49.1 Å². The number of nitrogens with one attached hydrogen (secondary N) is 1. The van der Waals surface area contributed by atoms with Crippen LogP contribution in [0.3, 0.4) is 0 Å². The molecule has 0 saturated heterocycles. The lowest BCUT2D eigenvalue weighted by molar-refractivity contribution is -0.00158. The van der Waals surface area contributed by atoms with E-state index >= 15 is 0 Å². The third kappa shape index (κ3) is 4.35. The number of fused-ring (bicyclic) bond motifs is 2. The molecule has 160 valence electrons. The van der Waals surface area contributed by atoms with Gasteiger partial charge in [0.1, 0.15) is 0 Å². The van der Waals surface area contributed by atoms with Gasteiger partial charge in [-0.15, -0.1) is 5.10 Å². The number of hydrogen-bond donors (Lipinski definition) is 1. The molecule has 31 heavy (non-hydrogen) atoms. The minimum absolute atomic E-state index is 0.328. The van der Waals surface area contributed by atoms with E-state index in [9.17, 15) is 0 Å². The standard InChI is InChI=1S/C23H26N6O2/c1-30-11-12-31-19-6-4-18(5-7-19)27-23-26-15-21-20(8-10-29(21)28-23)17-13-16-3-2-9-24-22(16)25-14-17/h2-3,8-10,13-15,18-19H,4-7,11-12H2,1H3,(H,27,28)/t18-,19+. The molecule has 0 amide bonds. The first-order valence-electron chi connectivity index (χ1n) is 10.7. The highest BCUT2D eigenvalue weighted by atomic mass is 16.5. The van der Waals surface area contributed by atoms with Gasteiger partial charge in [-0.3, -0.25) is 0 Å². The van der Waals surface area contributed by atoms with Crippen LogP contribution >= 0.6 is 0 Å². The minimum Gasteiger partial charge on any atom is -0.382 e. The van der Waals surface area contributed by atoms with Gasteiger partial charge in [-0.2, -0.15) is 0 Å². The monoisotopic (exact) mass is 418 g/mol. The molecule has 0 aromatic carbocycles. The fraction of sp³-hybridized carbons (Fsp3) is 0.391. The predicted octanol–water partition coefficient (Wildman–Crippen LogP) is 3.73. The Bertz CT molecular complexity index is 1170. The number of rotatable bonds is 7. The molecule has 1 aliphatic carbocycles. The van der Waals surface area contributed by atoms with Crippen LogP contribution in [0.15, 0.2) is 49.1 Å². The van der Waals surface area contributed by atoms with Crippen LogP contribution in [-0.2, 0) is 9.47 Å². The normalized spacial score (nSPS) is 19.1. The van der Waals surface area contributed by atoms with E-state index in [1.54, 1.807) is 13.3 Å². The number of ether oxygens (including phenoxy) is 2. The summed E-state index contributed by atoms with van der Waals surface area (Å²) in [6, 6.07) is 8.46. The quantitative estimate of drug-likeness (QED) is 0.458. The number of pyridine rings is 2. The van der Waals surface area contributed by atoms with Gasteiger partial charge in [0.05, 0.1) is 31.0 Å². The zero-order valence-corrected chi connectivity index (χ0v) is 17.6. The van der Waals surface area contributed by atoms with Gasteiger partial charge in [0, 0.05) is 48.3 Å². The zero-order valence-electron chi connectivity index (χ0n) is 17.6. The summed E-state index contributed by atoms with van der Waals surface area (Å²) in [7, 11) is 1.70. The Morgan fingerprint density at radius 3 is 2.84 bits per heavy atom. The fourth-order valence-electron chi connectivity index (χ4n) is 4.18. The summed E-state index contributed by atoms with van der Waals surface area (Å²) in [6.45, 7) is 1.31. The fourth-order valence-corrected chi connectivity index (χ4v) is 4.18. The van der Waals surface area contributed by atoms with Crippen LogP contribution in [0.4, 0.5) is 5.95 Å². The highest BCUT2D eigenvalue weighted by Crippen LogP contribution is 2.27. The molecule has 0 atom stereocenters. The van der Waals surface area contributed by atoms with Crippen molar-refractivity contribution < 1.29 is 9.47 Å². The van der Waals surface area contributed by atoms with Crippen LogP contribution in [0.1, 0.15) is 25.7 Å². The number of nitrogens with zero attached hydrogens (tertiary/aromatic N) is 5. The largest absolute Gasteiger partial charge is 0.382 e. The van der Waals surface area contributed by atoms with Crippen molar-refractivity contribution in [2.75, 3.05) is 25.6 Å². The van der Waals surface area contributed by atoms with E-state index in [4.69, 9.17) is 9.47 Å². The molecule has 1 saturated carbocycles. The molecule has 0 unspecified atom stereocenters. The average Bonchev–Trinajstić information content (AvgIpc) is 3.23. The average molecular weight is 419 g/mol. The van der Waals surface area contributed by atoms with Gasteiger partial charge < -0.3 is 14.8 Å². The van der Waals surface area contributed by atoms with Crippen molar-refractivity contribution in [3.8, 4) is 11.1 Å². The first-order valence-corrected chi connectivity index (χ1v) is 10.7. The van der Waals surface area contributed by atoms with Crippen molar-refractivity contribution in [1.82, 2.24) is 24.6 Å². The molecule has 1 fully saturated rings. The van der Waals surface area contributed by atoms with Crippen molar-refractivity contribution in [2.45, 2.75) is 37.8 Å². The Morgan fingerprint density at radius 2 is 1.97 bits per heavy atom. The van der Waals surface area contributed by atoms with Crippen molar-refractivity contribution >= 4 is 22.5 Å². The summed E-state index contributed by atoms with van der Waals surface area (Å²) in [5, 5.41) is 9.18. The van der Waals surface area contributed by atoms with E-state index < -0.39 is 0 Å². The summed E-state index contributed by atoms with van der Waals surface area (Å²) in [5.41, 5.74) is 3.78. The smallest absolute Gasteiger partial charge is 0.241 e. The Hall–Kier alpha value is -3.10. The third-order valence-electron chi connectivity index (χ3n) is 5.83. The zero-order chi connectivity index (χ0) is 21.0. The second kappa shape index (κ2) is 8.95. The molecule has 8 nitrogen and oxygen atoms in total. The molecule has 4 aromatic heterocycles. The van der Waals surface area contributed by atoms with Gasteiger partial charge in [-0.05, 0) is 49.9 Å². The maximum Gasteiger partial charge on any atom is 0.241 e. The Kier molecular flexibility index (Phi) is 5.73. The highest BCUT2D eigenvalue weighted by Gasteiger charge is 2.22. The third-order valence-corrected chi connectivity index (χ3v) is 5.83. The number of methoxy groups -OCH3 is 1. The molecular weight excluding hydrogens is 392 g/mol. The lowest BCUT2D eigenvalue weighted by atomic mass is 9.93. The first-order chi connectivity index (χ1) is 15.3. The van der Waals surface area contributed by atoms with Crippen molar-refractivity contribution in [3.63, 3.8) is 0 Å². The Labute approximate surface area is 180 Å². The molecule has 0 bridgehead atoms. The molecule has 0 radical (unpaired) electrons. The second-order valence-corrected chi connectivity index (χ2v) is 7.90. The summed E-state index contributed by atoms with van der Waals surface area (Å²) in [6.07, 6.45) is 12.0. The maximum absolute atomic E-state index is 5.85. The van der Waals surface area contributed by atoms with E-state index in [1.807, 2.05) is 35.2 Å². The summed E-state index contributed by atoms with van der Waals surface area (Å²) >= 11 is 0. The molecule has 1 N–H and O–H groups in total. The molecule has 1 aliphatic rings. The molecule has 8 heteroatoms. The summed E-state index contributed by atoms with van der Waals surface area (Å²) < 4.78 is 12.8. The van der Waals surface area contributed by atoms with Gasteiger partial charge in [0.2, 0.25) is 5.95 Å². The predicted molar refractivity (Wildman–Crippen MR) is 119 cm³/mol. The van der Waals surface area contributed by atoms with Gasteiger partial charge in [0.15, 0.2) is 5.65 Å².